The van der Waals surface area contributed by atoms with Gasteiger partial charge in [-0.05, 0) is 39.5 Å². The van der Waals surface area contributed by atoms with E-state index in [1.54, 1.807) is 18.2 Å². The van der Waals surface area contributed by atoms with Gasteiger partial charge in [0.1, 0.15) is 5.82 Å². The standard InChI is InChI=1S/C15H23ClFN3/c1-19-8-4-5-11(10-19)20(2)14(9-18)12-6-3-7-13(16)15(12)17/h3,6-7,11,14H,4-5,8-10,18H2,1-2H3. The molecule has 0 aliphatic carbocycles. The second kappa shape index (κ2) is 6.85. The predicted molar refractivity (Wildman–Crippen MR) is 81.5 cm³/mol. The summed E-state index contributed by atoms with van der Waals surface area (Å²) in [6, 6.07) is 5.40. The molecule has 1 aliphatic heterocycles. The summed E-state index contributed by atoms with van der Waals surface area (Å²) in [5.41, 5.74) is 6.49. The topological polar surface area (TPSA) is 32.5 Å². The molecule has 5 heteroatoms. The number of nitrogens with two attached hydrogens (primary N) is 1. The third-order valence-corrected chi connectivity index (χ3v) is 4.52. The Labute approximate surface area is 125 Å². The van der Waals surface area contributed by atoms with Gasteiger partial charge in [0.2, 0.25) is 0 Å². The Morgan fingerprint density at radius 3 is 2.95 bits per heavy atom. The molecule has 1 aromatic carbocycles. The fourth-order valence-corrected chi connectivity index (χ4v) is 3.20. The van der Waals surface area contributed by atoms with Gasteiger partial charge in [-0.2, -0.15) is 0 Å². The van der Waals surface area contributed by atoms with Crippen LogP contribution in [0.1, 0.15) is 24.4 Å². The van der Waals surface area contributed by atoms with Crippen LogP contribution in [0.3, 0.4) is 0 Å². The van der Waals surface area contributed by atoms with Gasteiger partial charge in [-0.3, -0.25) is 4.90 Å². The van der Waals surface area contributed by atoms with E-state index in [9.17, 15) is 4.39 Å². The second-order valence-electron chi connectivity index (χ2n) is 5.62. The molecule has 1 aliphatic rings. The zero-order valence-electron chi connectivity index (χ0n) is 12.1. The zero-order chi connectivity index (χ0) is 14.7. The van der Waals surface area contributed by atoms with Crippen LogP contribution in [0.15, 0.2) is 18.2 Å². The zero-order valence-corrected chi connectivity index (χ0v) is 12.9. The minimum absolute atomic E-state index is 0.134. The van der Waals surface area contributed by atoms with Gasteiger partial charge in [0.15, 0.2) is 0 Å². The first kappa shape index (κ1) is 15.7. The molecule has 1 fully saturated rings. The maximum absolute atomic E-state index is 14.2. The van der Waals surface area contributed by atoms with Crippen molar-refractivity contribution in [3.05, 3.63) is 34.6 Å². The summed E-state index contributed by atoms with van der Waals surface area (Å²) in [5.74, 6) is -0.347. The van der Waals surface area contributed by atoms with Crippen LogP contribution in [0.4, 0.5) is 4.39 Å². The molecule has 20 heavy (non-hydrogen) atoms. The van der Waals surface area contributed by atoms with Gasteiger partial charge in [-0.15, -0.1) is 0 Å². The van der Waals surface area contributed by atoms with Crippen molar-refractivity contribution in [3.8, 4) is 0 Å². The Balaban J connectivity index is 2.20. The number of likely N-dealkylation sites (tertiary alicyclic amines) is 1. The van der Waals surface area contributed by atoms with Crippen LogP contribution in [0.2, 0.25) is 5.02 Å². The average molecular weight is 300 g/mol. The molecule has 1 saturated heterocycles. The first-order chi connectivity index (χ1) is 9.54. The fraction of sp³-hybridized carbons (Fsp3) is 0.600. The van der Waals surface area contributed by atoms with Crippen molar-refractivity contribution in [1.29, 1.82) is 0 Å². The molecule has 2 rings (SSSR count). The van der Waals surface area contributed by atoms with E-state index in [1.165, 1.54) is 6.42 Å². The molecule has 112 valence electrons. The number of likely N-dealkylation sites (N-methyl/N-ethyl adjacent to an activating group) is 2. The van der Waals surface area contributed by atoms with Crippen molar-refractivity contribution in [3.63, 3.8) is 0 Å². The van der Waals surface area contributed by atoms with Crippen molar-refractivity contribution >= 4 is 11.6 Å². The van der Waals surface area contributed by atoms with E-state index >= 15 is 0 Å². The summed E-state index contributed by atoms with van der Waals surface area (Å²) in [5, 5.41) is 0.162. The first-order valence-electron chi connectivity index (χ1n) is 7.09. The van der Waals surface area contributed by atoms with E-state index in [0.29, 0.717) is 18.2 Å². The summed E-state index contributed by atoms with van der Waals surface area (Å²) < 4.78 is 14.2. The lowest BCUT2D eigenvalue weighted by molar-refractivity contribution is 0.0996. The normalized spacial score (nSPS) is 22.2. The fourth-order valence-electron chi connectivity index (χ4n) is 3.02. The molecule has 0 bridgehead atoms. The van der Waals surface area contributed by atoms with E-state index in [4.69, 9.17) is 17.3 Å². The lowest BCUT2D eigenvalue weighted by atomic mass is 9.99. The van der Waals surface area contributed by atoms with Gasteiger partial charge in [-0.1, -0.05) is 23.7 Å². The monoisotopic (exact) mass is 299 g/mol. The van der Waals surface area contributed by atoms with Crippen molar-refractivity contribution in [2.75, 3.05) is 33.7 Å². The van der Waals surface area contributed by atoms with E-state index in [2.05, 4.69) is 16.8 Å². The number of hydrogen-bond donors (Lipinski definition) is 1. The Hall–Kier alpha value is -0.680. The molecule has 0 saturated carbocycles. The summed E-state index contributed by atoms with van der Waals surface area (Å²) in [6.07, 6.45) is 2.29. The molecular weight excluding hydrogens is 277 g/mol. The molecule has 2 atom stereocenters. The second-order valence-corrected chi connectivity index (χ2v) is 6.03. The number of hydrogen-bond acceptors (Lipinski definition) is 3. The third kappa shape index (κ3) is 3.31. The number of piperidine rings is 1. The minimum atomic E-state index is -0.347. The third-order valence-electron chi connectivity index (χ3n) is 4.23. The van der Waals surface area contributed by atoms with Gasteiger partial charge < -0.3 is 10.6 Å². The lowest BCUT2D eigenvalue weighted by Crippen LogP contribution is -2.47. The van der Waals surface area contributed by atoms with E-state index in [1.807, 2.05) is 7.05 Å². The van der Waals surface area contributed by atoms with Crippen LogP contribution >= 0.6 is 11.6 Å². The highest BCUT2D eigenvalue weighted by molar-refractivity contribution is 6.30. The quantitative estimate of drug-likeness (QED) is 0.927. The number of nitrogens with zero attached hydrogens (tertiary/aromatic N) is 2. The lowest BCUT2D eigenvalue weighted by Gasteiger charge is -2.40. The van der Waals surface area contributed by atoms with Crippen molar-refractivity contribution in [1.82, 2.24) is 9.80 Å². The maximum Gasteiger partial charge on any atom is 0.146 e. The SMILES string of the molecule is CN1CCCC(N(C)C(CN)c2cccc(Cl)c2F)C1. The van der Waals surface area contributed by atoms with Crippen LogP contribution < -0.4 is 5.73 Å². The van der Waals surface area contributed by atoms with Crippen molar-refractivity contribution in [2.45, 2.75) is 24.9 Å². The Kier molecular flexibility index (Phi) is 5.38. The van der Waals surface area contributed by atoms with Gasteiger partial charge in [-0.25, -0.2) is 4.39 Å². The largest absolute Gasteiger partial charge is 0.329 e. The first-order valence-corrected chi connectivity index (χ1v) is 7.46. The number of halogens is 2. The summed E-state index contributed by atoms with van der Waals surface area (Å²) in [6.45, 7) is 2.51. The van der Waals surface area contributed by atoms with Crippen molar-refractivity contribution < 1.29 is 4.39 Å². The molecule has 3 nitrogen and oxygen atoms in total. The average Bonchev–Trinajstić information content (AvgIpc) is 2.44. The molecule has 0 radical (unpaired) electrons. The molecule has 0 aromatic heterocycles. The van der Waals surface area contributed by atoms with Gasteiger partial charge >= 0.3 is 0 Å². The number of benzene rings is 1. The predicted octanol–water partition coefficient (Wildman–Crippen LogP) is 2.50. The highest BCUT2D eigenvalue weighted by Gasteiger charge is 2.28. The summed E-state index contributed by atoms with van der Waals surface area (Å²) >= 11 is 5.89. The molecule has 0 spiro atoms. The summed E-state index contributed by atoms with van der Waals surface area (Å²) in [7, 11) is 4.15. The Morgan fingerprint density at radius 1 is 1.55 bits per heavy atom. The molecule has 1 heterocycles. The maximum atomic E-state index is 14.2. The van der Waals surface area contributed by atoms with Crippen LogP contribution in [-0.4, -0.2) is 49.6 Å². The van der Waals surface area contributed by atoms with Gasteiger partial charge in [0.25, 0.3) is 0 Å². The molecular formula is C15H23ClFN3. The van der Waals surface area contributed by atoms with E-state index < -0.39 is 0 Å². The van der Waals surface area contributed by atoms with Crippen molar-refractivity contribution in [2.24, 2.45) is 5.73 Å². The van der Waals surface area contributed by atoms with Crippen LogP contribution in [0.5, 0.6) is 0 Å². The molecule has 1 aromatic rings. The Bertz CT molecular complexity index is 455. The molecule has 0 amide bonds. The van der Waals surface area contributed by atoms with E-state index in [-0.39, 0.29) is 16.9 Å². The molecule has 2 N–H and O–H groups in total. The smallest absolute Gasteiger partial charge is 0.146 e. The highest BCUT2D eigenvalue weighted by Crippen LogP contribution is 2.29. The van der Waals surface area contributed by atoms with Crippen LogP contribution in [0, 0.1) is 5.82 Å². The highest BCUT2D eigenvalue weighted by atomic mass is 35.5. The molecule has 2 unspecified atom stereocenters. The van der Waals surface area contributed by atoms with Crippen LogP contribution in [-0.2, 0) is 0 Å². The minimum Gasteiger partial charge on any atom is -0.329 e. The Morgan fingerprint density at radius 2 is 2.30 bits per heavy atom. The van der Waals surface area contributed by atoms with E-state index in [0.717, 1.165) is 19.5 Å². The summed E-state index contributed by atoms with van der Waals surface area (Å²) in [4.78, 5) is 4.51. The van der Waals surface area contributed by atoms with Gasteiger partial charge in [0, 0.05) is 30.7 Å². The number of rotatable bonds is 4. The van der Waals surface area contributed by atoms with Gasteiger partial charge in [0.05, 0.1) is 5.02 Å². The van der Waals surface area contributed by atoms with Crippen LogP contribution in [0.25, 0.3) is 0 Å².